The molecule has 98 valence electrons. The highest BCUT2D eigenvalue weighted by Gasteiger charge is 2.37. The zero-order valence-corrected chi connectivity index (χ0v) is 11.7. The smallest absolute Gasteiger partial charge is 0.0406 e. The first-order chi connectivity index (χ1) is 8.74. The second kappa shape index (κ2) is 5.20. The van der Waals surface area contributed by atoms with Gasteiger partial charge in [0.15, 0.2) is 0 Å². The van der Waals surface area contributed by atoms with Crippen LogP contribution in [0.5, 0.6) is 0 Å². The molecule has 1 aromatic rings. The van der Waals surface area contributed by atoms with Gasteiger partial charge >= 0.3 is 0 Å². The van der Waals surface area contributed by atoms with Crippen LogP contribution in [-0.4, -0.2) is 30.1 Å². The minimum atomic E-state index is 0.410. The summed E-state index contributed by atoms with van der Waals surface area (Å²) in [5.74, 6) is 0. The van der Waals surface area contributed by atoms with E-state index in [9.17, 15) is 0 Å². The minimum absolute atomic E-state index is 0.410. The topological polar surface area (TPSA) is 15.3 Å². The molecule has 3 unspecified atom stereocenters. The summed E-state index contributed by atoms with van der Waals surface area (Å²) in [4.78, 5) is 2.65. The lowest BCUT2D eigenvalue weighted by atomic mass is 10.0. The summed E-state index contributed by atoms with van der Waals surface area (Å²) < 4.78 is 0. The van der Waals surface area contributed by atoms with Gasteiger partial charge in [-0.25, -0.2) is 0 Å². The molecule has 2 saturated heterocycles. The van der Waals surface area contributed by atoms with E-state index in [2.05, 4.69) is 29.3 Å². The molecule has 2 nitrogen and oxygen atoms in total. The first-order valence-electron chi connectivity index (χ1n) is 6.99. The maximum Gasteiger partial charge on any atom is 0.0406 e. The highest BCUT2D eigenvalue weighted by atomic mass is 35.5. The highest BCUT2D eigenvalue weighted by Crippen LogP contribution is 2.29. The molecule has 0 aliphatic carbocycles. The van der Waals surface area contributed by atoms with Crippen molar-refractivity contribution in [3.63, 3.8) is 0 Å². The Hall–Kier alpha value is -0.570. The number of nitrogens with one attached hydrogen (secondary N) is 1. The Balaban J connectivity index is 1.64. The maximum atomic E-state index is 5.93. The van der Waals surface area contributed by atoms with E-state index in [4.69, 9.17) is 11.6 Å². The number of halogens is 1. The average Bonchev–Trinajstić information content (AvgIpc) is 2.95. The molecule has 2 aliphatic rings. The first kappa shape index (κ1) is 12.5. The van der Waals surface area contributed by atoms with Gasteiger partial charge in [-0.15, -0.1) is 0 Å². The van der Waals surface area contributed by atoms with Crippen LogP contribution in [0.4, 0.5) is 0 Å². The van der Waals surface area contributed by atoms with E-state index in [1.807, 2.05) is 12.1 Å². The highest BCUT2D eigenvalue weighted by molar-refractivity contribution is 6.30. The Labute approximate surface area is 114 Å². The second-order valence-electron chi connectivity index (χ2n) is 5.58. The lowest BCUT2D eigenvalue weighted by molar-refractivity contribution is 0.291. The summed E-state index contributed by atoms with van der Waals surface area (Å²) in [5.41, 5.74) is 1.33. The normalized spacial score (nSPS) is 29.4. The van der Waals surface area contributed by atoms with Crippen LogP contribution in [0, 0.1) is 0 Å². The number of hydrogen-bond donors (Lipinski definition) is 1. The molecule has 1 aromatic carbocycles. The number of fused-ring (bicyclic) bond motifs is 1. The fourth-order valence-electron chi connectivity index (χ4n) is 3.45. The third-order valence-corrected chi connectivity index (χ3v) is 4.69. The molecule has 2 fully saturated rings. The monoisotopic (exact) mass is 264 g/mol. The molecule has 3 atom stereocenters. The number of nitrogens with zero attached hydrogens (tertiary/aromatic N) is 1. The Bertz CT molecular complexity index is 403. The largest absolute Gasteiger partial charge is 0.306 e. The van der Waals surface area contributed by atoms with E-state index in [0.717, 1.165) is 11.1 Å². The van der Waals surface area contributed by atoms with Crippen molar-refractivity contribution in [1.29, 1.82) is 0 Å². The van der Waals surface area contributed by atoms with Gasteiger partial charge in [-0.05, 0) is 50.4 Å². The molecule has 0 radical (unpaired) electrons. The molecule has 0 spiro atoms. The predicted molar refractivity (Wildman–Crippen MR) is 76.0 cm³/mol. The van der Waals surface area contributed by atoms with Gasteiger partial charge in [0.25, 0.3) is 0 Å². The molecular weight excluding hydrogens is 244 g/mol. The summed E-state index contributed by atoms with van der Waals surface area (Å²) >= 11 is 5.93. The molecule has 2 heterocycles. The average molecular weight is 265 g/mol. The van der Waals surface area contributed by atoms with Crippen molar-refractivity contribution >= 4 is 11.6 Å². The van der Waals surface area contributed by atoms with Gasteiger partial charge in [-0.3, -0.25) is 4.90 Å². The molecule has 0 amide bonds. The van der Waals surface area contributed by atoms with Crippen LogP contribution >= 0.6 is 11.6 Å². The van der Waals surface area contributed by atoms with Crippen molar-refractivity contribution in [1.82, 2.24) is 10.2 Å². The van der Waals surface area contributed by atoms with Crippen molar-refractivity contribution in [2.75, 3.05) is 13.1 Å². The van der Waals surface area contributed by atoms with E-state index in [-0.39, 0.29) is 0 Å². The van der Waals surface area contributed by atoms with Crippen molar-refractivity contribution in [3.05, 3.63) is 34.9 Å². The predicted octanol–water partition coefficient (Wildman–Crippen LogP) is 3.23. The minimum Gasteiger partial charge on any atom is -0.306 e. The zero-order chi connectivity index (χ0) is 12.5. The van der Waals surface area contributed by atoms with Crippen molar-refractivity contribution in [2.24, 2.45) is 0 Å². The Morgan fingerprint density at radius 3 is 2.78 bits per heavy atom. The SMILES string of the molecule is CC(NC1CCN2CCCC12)c1ccc(Cl)cc1. The van der Waals surface area contributed by atoms with Gasteiger partial charge in [0.2, 0.25) is 0 Å². The molecule has 1 N–H and O–H groups in total. The summed E-state index contributed by atoms with van der Waals surface area (Å²) in [5, 5.41) is 4.61. The summed E-state index contributed by atoms with van der Waals surface area (Å²) in [7, 11) is 0. The van der Waals surface area contributed by atoms with E-state index < -0.39 is 0 Å². The van der Waals surface area contributed by atoms with Gasteiger partial charge in [-0.1, -0.05) is 23.7 Å². The van der Waals surface area contributed by atoms with E-state index in [1.54, 1.807) is 0 Å². The summed E-state index contributed by atoms with van der Waals surface area (Å²) in [6.45, 7) is 4.83. The molecule has 3 rings (SSSR count). The third-order valence-electron chi connectivity index (χ3n) is 4.44. The van der Waals surface area contributed by atoms with E-state index in [0.29, 0.717) is 12.1 Å². The van der Waals surface area contributed by atoms with Crippen LogP contribution in [0.1, 0.15) is 37.8 Å². The maximum absolute atomic E-state index is 5.93. The molecule has 0 aromatic heterocycles. The lowest BCUT2D eigenvalue weighted by Crippen LogP contribution is -2.40. The van der Waals surface area contributed by atoms with Crippen molar-refractivity contribution in [2.45, 2.75) is 44.3 Å². The summed E-state index contributed by atoms with van der Waals surface area (Å²) in [6.07, 6.45) is 4.03. The lowest BCUT2D eigenvalue weighted by Gasteiger charge is -2.25. The number of benzene rings is 1. The summed E-state index contributed by atoms with van der Waals surface area (Å²) in [6, 6.07) is 10.1. The Morgan fingerprint density at radius 2 is 2.00 bits per heavy atom. The van der Waals surface area contributed by atoms with Crippen LogP contribution in [0.15, 0.2) is 24.3 Å². The Kier molecular flexibility index (Phi) is 3.60. The molecule has 18 heavy (non-hydrogen) atoms. The third kappa shape index (κ3) is 2.42. The van der Waals surface area contributed by atoms with Gasteiger partial charge < -0.3 is 5.32 Å². The molecule has 3 heteroatoms. The van der Waals surface area contributed by atoms with E-state index >= 15 is 0 Å². The van der Waals surface area contributed by atoms with Crippen LogP contribution in [0.25, 0.3) is 0 Å². The number of hydrogen-bond acceptors (Lipinski definition) is 2. The standard InChI is InChI=1S/C15H21ClN2/c1-11(12-4-6-13(16)7-5-12)17-14-8-10-18-9-2-3-15(14)18/h4-7,11,14-15,17H,2-3,8-10H2,1H3. The quantitative estimate of drug-likeness (QED) is 0.902. The van der Waals surface area contributed by atoms with Gasteiger partial charge in [-0.2, -0.15) is 0 Å². The fraction of sp³-hybridized carbons (Fsp3) is 0.600. The molecule has 0 bridgehead atoms. The first-order valence-corrected chi connectivity index (χ1v) is 7.37. The second-order valence-corrected chi connectivity index (χ2v) is 6.02. The van der Waals surface area contributed by atoms with Crippen LogP contribution in [0.3, 0.4) is 0 Å². The Morgan fingerprint density at radius 1 is 1.22 bits per heavy atom. The van der Waals surface area contributed by atoms with Gasteiger partial charge in [0, 0.05) is 29.7 Å². The molecule has 0 saturated carbocycles. The van der Waals surface area contributed by atoms with Crippen LogP contribution in [-0.2, 0) is 0 Å². The fourth-order valence-corrected chi connectivity index (χ4v) is 3.57. The zero-order valence-electron chi connectivity index (χ0n) is 10.9. The van der Waals surface area contributed by atoms with Crippen molar-refractivity contribution in [3.8, 4) is 0 Å². The van der Waals surface area contributed by atoms with E-state index in [1.165, 1.54) is 37.9 Å². The molecular formula is C15H21ClN2. The van der Waals surface area contributed by atoms with Crippen molar-refractivity contribution < 1.29 is 0 Å². The molecule has 2 aliphatic heterocycles. The van der Waals surface area contributed by atoms with Gasteiger partial charge in [0.1, 0.15) is 0 Å². The van der Waals surface area contributed by atoms with Crippen LogP contribution < -0.4 is 5.32 Å². The number of rotatable bonds is 3. The van der Waals surface area contributed by atoms with Crippen LogP contribution in [0.2, 0.25) is 5.02 Å². The van der Waals surface area contributed by atoms with Gasteiger partial charge in [0.05, 0.1) is 0 Å².